The Bertz CT molecular complexity index is 341. The molecule has 1 nitrogen and oxygen atoms in total. The third kappa shape index (κ3) is 3.90. The number of hydrogen-bond donors (Lipinski definition) is 0. The maximum absolute atomic E-state index is 9.88. The molecule has 0 unspecified atom stereocenters. The van der Waals surface area contributed by atoms with E-state index < -0.39 is 0 Å². The molecular formula is C12H10O. The van der Waals surface area contributed by atoms with Crippen LogP contribution in [0.15, 0.2) is 54.3 Å². The monoisotopic (exact) mass is 170 g/mol. The highest BCUT2D eigenvalue weighted by atomic mass is 16.1. The number of benzene rings is 1. The van der Waals surface area contributed by atoms with Crippen LogP contribution in [0.4, 0.5) is 0 Å². The van der Waals surface area contributed by atoms with E-state index in [4.69, 9.17) is 0 Å². The molecule has 0 fully saturated rings. The zero-order chi connectivity index (χ0) is 9.36. The van der Waals surface area contributed by atoms with E-state index in [-0.39, 0.29) is 0 Å². The van der Waals surface area contributed by atoms with E-state index in [0.717, 1.165) is 5.56 Å². The Labute approximate surface area is 77.7 Å². The number of rotatable bonds is 3. The minimum absolute atomic E-state index is 0.701. The Morgan fingerprint density at radius 3 is 2.54 bits per heavy atom. The fourth-order valence-electron chi connectivity index (χ4n) is 0.874. The first-order chi connectivity index (χ1) is 6.43. The van der Waals surface area contributed by atoms with Gasteiger partial charge in [0.25, 0.3) is 0 Å². The van der Waals surface area contributed by atoms with Crippen LogP contribution >= 0.6 is 0 Å². The third-order valence-corrected chi connectivity index (χ3v) is 1.44. The lowest BCUT2D eigenvalue weighted by atomic mass is 10.2. The number of carbonyl (C=O) groups is 1. The van der Waals surface area contributed by atoms with Crippen LogP contribution in [0.1, 0.15) is 5.56 Å². The summed E-state index contributed by atoms with van der Waals surface area (Å²) in [6, 6.07) is 9.94. The van der Waals surface area contributed by atoms with Gasteiger partial charge in [0.05, 0.1) is 0 Å². The summed E-state index contributed by atoms with van der Waals surface area (Å²) in [5.74, 6) is 0. The van der Waals surface area contributed by atoms with Crippen molar-refractivity contribution in [1.82, 2.24) is 0 Å². The highest BCUT2D eigenvalue weighted by Gasteiger charge is 1.78. The first kappa shape index (κ1) is 9.24. The molecule has 1 rings (SSSR count). The van der Waals surface area contributed by atoms with E-state index >= 15 is 0 Å². The molecular weight excluding hydrogens is 160 g/mol. The normalized spacial score (nSPS) is 9.23. The maximum atomic E-state index is 9.88. The lowest BCUT2D eigenvalue weighted by Crippen LogP contribution is -1.66. The van der Waals surface area contributed by atoms with Gasteiger partial charge in [0.15, 0.2) is 6.29 Å². The SMILES string of the molecule is O=CC=C=C/C=C/c1ccccc1. The number of hydrogen-bond acceptors (Lipinski definition) is 1. The largest absolute Gasteiger partial charge is 0.298 e. The number of carbonyl (C=O) groups excluding carboxylic acids is 1. The van der Waals surface area contributed by atoms with Gasteiger partial charge in [0.1, 0.15) is 0 Å². The van der Waals surface area contributed by atoms with Gasteiger partial charge >= 0.3 is 0 Å². The predicted octanol–water partition coefficient (Wildman–Crippen LogP) is 2.61. The van der Waals surface area contributed by atoms with Crippen molar-refractivity contribution in [2.45, 2.75) is 0 Å². The van der Waals surface area contributed by atoms with Crippen molar-refractivity contribution in [3.8, 4) is 0 Å². The molecule has 0 bridgehead atoms. The van der Waals surface area contributed by atoms with Crippen LogP contribution in [0.3, 0.4) is 0 Å². The lowest BCUT2D eigenvalue weighted by Gasteiger charge is -1.87. The summed E-state index contributed by atoms with van der Waals surface area (Å²) in [6.45, 7) is 0. The molecule has 0 aromatic heterocycles. The van der Waals surface area contributed by atoms with Gasteiger partial charge in [-0.3, -0.25) is 4.79 Å². The van der Waals surface area contributed by atoms with Crippen molar-refractivity contribution >= 4 is 12.4 Å². The average molecular weight is 170 g/mol. The third-order valence-electron chi connectivity index (χ3n) is 1.44. The number of aldehydes is 1. The molecule has 0 saturated carbocycles. The van der Waals surface area contributed by atoms with E-state index in [9.17, 15) is 4.79 Å². The molecule has 0 aliphatic heterocycles. The zero-order valence-electron chi connectivity index (χ0n) is 7.18. The van der Waals surface area contributed by atoms with Crippen molar-refractivity contribution in [1.29, 1.82) is 0 Å². The van der Waals surface area contributed by atoms with Crippen LogP contribution in [0.5, 0.6) is 0 Å². The molecule has 64 valence electrons. The predicted molar refractivity (Wildman–Crippen MR) is 54.2 cm³/mol. The van der Waals surface area contributed by atoms with Crippen LogP contribution in [0, 0.1) is 0 Å². The lowest BCUT2D eigenvalue weighted by molar-refractivity contribution is -0.104. The second kappa shape index (κ2) is 5.76. The van der Waals surface area contributed by atoms with E-state index in [1.807, 2.05) is 42.5 Å². The molecule has 0 N–H and O–H groups in total. The van der Waals surface area contributed by atoms with Gasteiger partial charge in [-0.2, -0.15) is 0 Å². The Kier molecular flexibility index (Phi) is 4.09. The summed E-state index contributed by atoms with van der Waals surface area (Å²) in [6.07, 6.45) is 7.52. The summed E-state index contributed by atoms with van der Waals surface area (Å²) in [7, 11) is 0. The molecule has 0 atom stereocenters. The van der Waals surface area contributed by atoms with Gasteiger partial charge in [-0.25, -0.2) is 0 Å². The zero-order valence-corrected chi connectivity index (χ0v) is 7.18. The molecule has 0 amide bonds. The van der Waals surface area contributed by atoms with Crippen molar-refractivity contribution < 1.29 is 4.79 Å². The average Bonchev–Trinajstić information content (AvgIpc) is 2.19. The van der Waals surface area contributed by atoms with E-state index in [2.05, 4.69) is 5.73 Å². The molecule has 0 heterocycles. The highest BCUT2D eigenvalue weighted by Crippen LogP contribution is 2.00. The van der Waals surface area contributed by atoms with Crippen molar-refractivity contribution in [3.63, 3.8) is 0 Å². The van der Waals surface area contributed by atoms with E-state index in [1.54, 1.807) is 6.08 Å². The molecule has 1 aromatic carbocycles. The van der Waals surface area contributed by atoms with Gasteiger partial charge in [-0.05, 0) is 11.6 Å². The van der Waals surface area contributed by atoms with Crippen molar-refractivity contribution in [2.75, 3.05) is 0 Å². The summed E-state index contributed by atoms with van der Waals surface area (Å²) < 4.78 is 0. The molecule has 0 aliphatic carbocycles. The second-order valence-corrected chi connectivity index (χ2v) is 2.41. The smallest absolute Gasteiger partial charge is 0.150 e. The van der Waals surface area contributed by atoms with E-state index in [1.165, 1.54) is 6.08 Å². The first-order valence-corrected chi connectivity index (χ1v) is 4.01. The van der Waals surface area contributed by atoms with Gasteiger partial charge in [0.2, 0.25) is 0 Å². The van der Waals surface area contributed by atoms with Gasteiger partial charge < -0.3 is 0 Å². The standard InChI is InChI=1S/C12H10O/c13-11-7-2-1-4-8-12-9-5-3-6-10-12/h1,3-11H/b8-4+. The summed E-state index contributed by atoms with van der Waals surface area (Å²) in [5, 5.41) is 0. The Morgan fingerprint density at radius 1 is 1.08 bits per heavy atom. The molecule has 1 heteroatoms. The fourth-order valence-corrected chi connectivity index (χ4v) is 0.874. The summed E-state index contributed by atoms with van der Waals surface area (Å²) >= 11 is 0. The summed E-state index contributed by atoms with van der Waals surface area (Å²) in [5.41, 5.74) is 3.83. The molecule has 13 heavy (non-hydrogen) atoms. The molecule has 0 saturated heterocycles. The Balaban J connectivity index is 2.60. The summed E-state index contributed by atoms with van der Waals surface area (Å²) in [4.78, 5) is 9.88. The van der Waals surface area contributed by atoms with Crippen molar-refractivity contribution in [3.05, 3.63) is 59.9 Å². The quantitative estimate of drug-likeness (QED) is 0.295. The number of allylic oxidation sites excluding steroid dienone is 2. The van der Waals surface area contributed by atoms with Crippen molar-refractivity contribution in [2.24, 2.45) is 0 Å². The topological polar surface area (TPSA) is 17.1 Å². The highest BCUT2D eigenvalue weighted by molar-refractivity contribution is 5.64. The molecule has 0 spiro atoms. The van der Waals surface area contributed by atoms with E-state index in [0.29, 0.717) is 6.29 Å². The Hall–Kier alpha value is -1.85. The first-order valence-electron chi connectivity index (χ1n) is 4.01. The maximum Gasteiger partial charge on any atom is 0.150 e. The Morgan fingerprint density at radius 2 is 1.85 bits per heavy atom. The van der Waals surface area contributed by atoms with Crippen LogP contribution in [-0.2, 0) is 4.79 Å². The molecule has 0 aliphatic rings. The van der Waals surface area contributed by atoms with Crippen LogP contribution < -0.4 is 0 Å². The van der Waals surface area contributed by atoms with Gasteiger partial charge in [0, 0.05) is 6.08 Å². The minimum atomic E-state index is 0.701. The second-order valence-electron chi connectivity index (χ2n) is 2.41. The minimum Gasteiger partial charge on any atom is -0.298 e. The van der Waals surface area contributed by atoms with Gasteiger partial charge in [-0.1, -0.05) is 42.5 Å². The van der Waals surface area contributed by atoms with Crippen LogP contribution in [0.2, 0.25) is 0 Å². The van der Waals surface area contributed by atoms with Gasteiger partial charge in [-0.15, -0.1) is 5.73 Å². The molecule has 1 aromatic rings. The fraction of sp³-hybridized carbons (Fsp3) is 0. The molecule has 0 radical (unpaired) electrons. The van der Waals surface area contributed by atoms with Crippen LogP contribution in [-0.4, -0.2) is 6.29 Å². The van der Waals surface area contributed by atoms with Crippen LogP contribution in [0.25, 0.3) is 6.08 Å².